The predicted molar refractivity (Wildman–Crippen MR) is 95.0 cm³/mol. The molecule has 8 atom stereocenters. The van der Waals surface area contributed by atoms with Crippen molar-refractivity contribution in [1.82, 2.24) is 0 Å². The second-order valence-electron chi connectivity index (χ2n) is 9.47. The quantitative estimate of drug-likeness (QED) is 0.552. The number of esters is 1. The first kappa shape index (κ1) is 18.2. The molecule has 144 valence electrons. The van der Waals surface area contributed by atoms with Crippen LogP contribution in [0.1, 0.15) is 52.4 Å². The van der Waals surface area contributed by atoms with Crippen molar-refractivity contribution in [2.75, 3.05) is 7.11 Å². The lowest BCUT2D eigenvalue weighted by atomic mass is 9.46. The third-order valence-electron chi connectivity index (χ3n) is 8.39. The Bertz CT molecular complexity index is 669. The Morgan fingerprint density at radius 3 is 2.62 bits per heavy atom. The van der Waals surface area contributed by atoms with Gasteiger partial charge in [0.15, 0.2) is 5.78 Å². The second kappa shape index (κ2) is 5.90. The van der Waals surface area contributed by atoms with Crippen molar-refractivity contribution >= 4 is 11.8 Å². The zero-order valence-corrected chi connectivity index (χ0v) is 15.9. The van der Waals surface area contributed by atoms with E-state index in [0.717, 1.165) is 31.3 Å². The zero-order valence-electron chi connectivity index (χ0n) is 15.9. The highest BCUT2D eigenvalue weighted by Crippen LogP contribution is 2.65. The topological polar surface area (TPSA) is 83.8 Å². The van der Waals surface area contributed by atoms with Crippen LogP contribution in [-0.4, -0.2) is 41.3 Å². The highest BCUT2D eigenvalue weighted by atomic mass is 16.5. The minimum absolute atomic E-state index is 0.0335. The van der Waals surface area contributed by atoms with Crippen LogP contribution in [0.15, 0.2) is 11.6 Å². The van der Waals surface area contributed by atoms with Crippen LogP contribution in [-0.2, 0) is 14.3 Å². The van der Waals surface area contributed by atoms with Gasteiger partial charge in [0.1, 0.15) is 5.92 Å². The monoisotopic (exact) mass is 362 g/mol. The van der Waals surface area contributed by atoms with Gasteiger partial charge in [0.25, 0.3) is 0 Å². The van der Waals surface area contributed by atoms with E-state index in [1.54, 1.807) is 6.08 Å². The molecule has 0 heterocycles. The van der Waals surface area contributed by atoms with Crippen LogP contribution >= 0.6 is 0 Å². The van der Waals surface area contributed by atoms with Crippen LogP contribution in [0.3, 0.4) is 0 Å². The van der Waals surface area contributed by atoms with Gasteiger partial charge in [-0.2, -0.15) is 0 Å². The van der Waals surface area contributed by atoms with Crippen LogP contribution in [0.2, 0.25) is 0 Å². The number of carbonyl (C=O) groups excluding carboxylic acids is 2. The maximum atomic E-state index is 12.4. The molecule has 3 saturated carbocycles. The molecular formula is C21H30O5. The number of ketones is 1. The van der Waals surface area contributed by atoms with Gasteiger partial charge in [-0.15, -0.1) is 0 Å². The van der Waals surface area contributed by atoms with E-state index in [-0.39, 0.29) is 28.6 Å². The molecular weight excluding hydrogens is 332 g/mol. The van der Waals surface area contributed by atoms with E-state index in [1.807, 2.05) is 0 Å². The van der Waals surface area contributed by atoms with Crippen molar-refractivity contribution in [2.45, 2.75) is 64.6 Å². The summed E-state index contributed by atoms with van der Waals surface area (Å²) in [6.07, 6.45) is 5.41. The molecule has 0 aromatic carbocycles. The molecule has 26 heavy (non-hydrogen) atoms. The summed E-state index contributed by atoms with van der Waals surface area (Å²) in [5.74, 6) is -0.629. The number of hydrogen-bond donors (Lipinski definition) is 2. The van der Waals surface area contributed by atoms with E-state index in [1.165, 1.54) is 7.11 Å². The maximum Gasteiger partial charge on any atom is 0.316 e. The zero-order chi connectivity index (χ0) is 18.9. The second-order valence-corrected chi connectivity index (χ2v) is 9.47. The summed E-state index contributed by atoms with van der Waals surface area (Å²) in [5.41, 5.74) is 0.513. The highest BCUT2D eigenvalue weighted by molar-refractivity contribution is 6.06. The van der Waals surface area contributed by atoms with Gasteiger partial charge in [0.05, 0.1) is 19.3 Å². The van der Waals surface area contributed by atoms with Crippen LogP contribution < -0.4 is 0 Å². The molecule has 3 unspecified atom stereocenters. The summed E-state index contributed by atoms with van der Waals surface area (Å²) in [6.45, 7) is 4.25. The molecule has 5 nitrogen and oxygen atoms in total. The molecule has 0 aromatic rings. The maximum absolute atomic E-state index is 12.4. The molecule has 3 fully saturated rings. The van der Waals surface area contributed by atoms with Gasteiger partial charge in [-0.3, -0.25) is 9.59 Å². The summed E-state index contributed by atoms with van der Waals surface area (Å²) < 4.78 is 4.86. The number of aliphatic hydroxyl groups is 2. The molecule has 4 rings (SSSR count). The van der Waals surface area contributed by atoms with Crippen molar-refractivity contribution in [3.05, 3.63) is 11.6 Å². The summed E-state index contributed by atoms with van der Waals surface area (Å²) in [5, 5.41) is 21.7. The van der Waals surface area contributed by atoms with Crippen molar-refractivity contribution in [1.29, 1.82) is 0 Å². The molecule has 0 spiro atoms. The SMILES string of the molecule is COC(=O)C1C[C@@]2(C)C(=CC1=O)CC[C@@H]1[C@H]2C(O)C[C@]2(C)C(O)CC[C@@H]12. The van der Waals surface area contributed by atoms with Crippen LogP contribution in [0.25, 0.3) is 0 Å². The third-order valence-corrected chi connectivity index (χ3v) is 8.39. The van der Waals surface area contributed by atoms with Crippen molar-refractivity contribution in [3.63, 3.8) is 0 Å². The Hall–Kier alpha value is -1.20. The lowest BCUT2D eigenvalue weighted by Gasteiger charge is -2.59. The first-order valence-corrected chi connectivity index (χ1v) is 9.91. The van der Waals surface area contributed by atoms with Gasteiger partial charge in [-0.25, -0.2) is 0 Å². The Kier molecular flexibility index (Phi) is 4.12. The molecule has 2 N–H and O–H groups in total. The number of allylic oxidation sites excluding steroid dienone is 1. The summed E-state index contributed by atoms with van der Waals surface area (Å²) in [4.78, 5) is 24.6. The Labute approximate surface area is 154 Å². The van der Waals surface area contributed by atoms with Crippen molar-refractivity contribution < 1.29 is 24.5 Å². The fraction of sp³-hybridized carbons (Fsp3) is 0.810. The van der Waals surface area contributed by atoms with E-state index in [9.17, 15) is 19.8 Å². The number of hydrogen-bond acceptors (Lipinski definition) is 5. The number of fused-ring (bicyclic) bond motifs is 5. The molecule has 0 bridgehead atoms. The first-order chi connectivity index (χ1) is 12.2. The predicted octanol–water partition coefficient (Wildman–Crippen LogP) is 2.25. The van der Waals surface area contributed by atoms with E-state index in [2.05, 4.69) is 13.8 Å². The van der Waals surface area contributed by atoms with E-state index in [0.29, 0.717) is 24.7 Å². The first-order valence-electron chi connectivity index (χ1n) is 9.91. The van der Waals surface area contributed by atoms with Crippen LogP contribution in [0, 0.1) is 34.5 Å². The lowest BCUT2D eigenvalue weighted by molar-refractivity contribution is -0.159. The van der Waals surface area contributed by atoms with Gasteiger partial charge < -0.3 is 14.9 Å². The van der Waals surface area contributed by atoms with Gasteiger partial charge in [-0.1, -0.05) is 19.4 Å². The van der Waals surface area contributed by atoms with Gasteiger partial charge in [0, 0.05) is 0 Å². The summed E-state index contributed by atoms with van der Waals surface area (Å²) >= 11 is 0. The fourth-order valence-corrected chi connectivity index (χ4v) is 7.09. The molecule has 0 amide bonds. The van der Waals surface area contributed by atoms with Gasteiger partial charge >= 0.3 is 5.97 Å². The Morgan fingerprint density at radius 1 is 1.19 bits per heavy atom. The van der Waals surface area contributed by atoms with Gasteiger partial charge in [0.2, 0.25) is 0 Å². The van der Waals surface area contributed by atoms with Crippen molar-refractivity contribution in [2.24, 2.45) is 34.5 Å². The largest absolute Gasteiger partial charge is 0.468 e. The minimum atomic E-state index is -0.762. The summed E-state index contributed by atoms with van der Waals surface area (Å²) in [7, 11) is 1.32. The number of ether oxygens (including phenoxy) is 1. The average molecular weight is 362 g/mol. The smallest absolute Gasteiger partial charge is 0.316 e. The fourth-order valence-electron chi connectivity index (χ4n) is 7.09. The lowest BCUT2D eigenvalue weighted by Crippen LogP contribution is -2.58. The number of rotatable bonds is 1. The molecule has 4 aliphatic rings. The Balaban J connectivity index is 1.73. The van der Waals surface area contributed by atoms with Gasteiger partial charge in [-0.05, 0) is 73.2 Å². The standard InChI is InChI=1S/C21H30O5/c1-20-9-13(19(25)26-3)15(22)8-11(20)4-5-12-14-6-7-17(24)21(14,2)10-16(23)18(12)20/h8,12-14,16-18,23-24H,4-7,9-10H2,1-3H3/t12-,13?,14-,16?,17?,18-,20-,21-/m0/s1. The molecule has 0 saturated heterocycles. The van der Waals surface area contributed by atoms with Crippen molar-refractivity contribution in [3.8, 4) is 0 Å². The van der Waals surface area contributed by atoms with Crippen LogP contribution in [0.5, 0.6) is 0 Å². The van der Waals surface area contributed by atoms with E-state index in [4.69, 9.17) is 4.74 Å². The molecule has 0 aliphatic heterocycles. The molecule has 0 aromatic heterocycles. The van der Waals surface area contributed by atoms with E-state index >= 15 is 0 Å². The molecule has 0 radical (unpaired) electrons. The van der Waals surface area contributed by atoms with Crippen LogP contribution in [0.4, 0.5) is 0 Å². The average Bonchev–Trinajstić information content (AvgIpc) is 2.88. The Morgan fingerprint density at radius 2 is 1.92 bits per heavy atom. The van der Waals surface area contributed by atoms with E-state index < -0.39 is 18.0 Å². The molecule has 5 heteroatoms. The minimum Gasteiger partial charge on any atom is -0.468 e. The highest BCUT2D eigenvalue weighted by Gasteiger charge is 2.62. The number of carbonyl (C=O) groups is 2. The number of aliphatic hydroxyl groups excluding tert-OH is 2. The molecule has 4 aliphatic carbocycles. The third kappa shape index (κ3) is 2.29. The summed E-state index contributed by atoms with van der Waals surface area (Å²) in [6, 6.07) is 0. The number of methoxy groups -OCH3 is 1. The normalized spacial score (nSPS) is 50.3.